The lowest BCUT2D eigenvalue weighted by Gasteiger charge is -2.25. The van der Waals surface area contributed by atoms with Crippen molar-refractivity contribution in [1.29, 1.82) is 0 Å². The largest absolute Gasteiger partial charge is 0.472 e. The smallest absolute Gasteiger partial charge is 0.0950 e. The third-order valence-corrected chi connectivity index (χ3v) is 4.20. The minimum Gasteiger partial charge on any atom is -0.472 e. The van der Waals surface area contributed by atoms with E-state index in [4.69, 9.17) is 4.42 Å². The van der Waals surface area contributed by atoms with Gasteiger partial charge in [-0.25, -0.2) is 0 Å². The molecule has 3 rings (SSSR count). The van der Waals surface area contributed by atoms with Gasteiger partial charge >= 0.3 is 0 Å². The third-order valence-electron chi connectivity index (χ3n) is 4.20. The van der Waals surface area contributed by atoms with Crippen LogP contribution in [0.15, 0.2) is 23.0 Å². The lowest BCUT2D eigenvalue weighted by molar-refractivity contribution is 0.250. The van der Waals surface area contributed by atoms with E-state index in [2.05, 4.69) is 23.2 Å². The van der Waals surface area contributed by atoms with Gasteiger partial charge in [0, 0.05) is 30.7 Å². The Balaban J connectivity index is 1.68. The molecule has 88 valence electrons. The van der Waals surface area contributed by atoms with Crippen LogP contribution in [-0.2, 0) is 0 Å². The van der Waals surface area contributed by atoms with Crippen LogP contribution in [0, 0.1) is 5.92 Å². The number of likely N-dealkylation sites (tertiary alicyclic amines) is 1. The molecular weight excluding hydrogens is 200 g/mol. The van der Waals surface area contributed by atoms with Gasteiger partial charge in [-0.15, -0.1) is 0 Å². The molecule has 0 spiro atoms. The molecule has 1 aromatic heterocycles. The SMILES string of the molecule is CC(c1ccoc1)N1C[C@@H]2CCCN[C@@H]2C1. The van der Waals surface area contributed by atoms with Crippen LogP contribution in [0.1, 0.15) is 31.4 Å². The maximum Gasteiger partial charge on any atom is 0.0950 e. The number of piperidine rings is 1. The monoisotopic (exact) mass is 220 g/mol. The Morgan fingerprint density at radius 1 is 1.50 bits per heavy atom. The van der Waals surface area contributed by atoms with Gasteiger partial charge in [-0.1, -0.05) is 0 Å². The summed E-state index contributed by atoms with van der Waals surface area (Å²) in [4.78, 5) is 2.58. The van der Waals surface area contributed by atoms with E-state index in [1.807, 2.05) is 6.26 Å². The Kier molecular flexibility index (Phi) is 2.74. The number of rotatable bonds is 2. The van der Waals surface area contributed by atoms with Crippen LogP contribution in [0.3, 0.4) is 0 Å². The van der Waals surface area contributed by atoms with E-state index in [1.54, 1.807) is 6.26 Å². The lowest BCUT2D eigenvalue weighted by atomic mass is 9.94. The molecule has 1 aromatic rings. The quantitative estimate of drug-likeness (QED) is 0.826. The predicted octanol–water partition coefficient (Wildman–Crippen LogP) is 2.02. The number of hydrogen-bond donors (Lipinski definition) is 1. The fourth-order valence-corrected chi connectivity index (χ4v) is 3.12. The van der Waals surface area contributed by atoms with Gasteiger partial charge in [0.2, 0.25) is 0 Å². The lowest BCUT2D eigenvalue weighted by Crippen LogP contribution is -2.40. The molecule has 0 saturated carbocycles. The molecule has 1 N–H and O–H groups in total. The van der Waals surface area contributed by atoms with Crippen molar-refractivity contribution in [2.24, 2.45) is 5.92 Å². The molecule has 2 aliphatic rings. The first-order valence-corrected chi connectivity index (χ1v) is 6.34. The summed E-state index contributed by atoms with van der Waals surface area (Å²) >= 11 is 0. The zero-order valence-corrected chi connectivity index (χ0v) is 9.86. The highest BCUT2D eigenvalue weighted by atomic mass is 16.3. The summed E-state index contributed by atoms with van der Waals surface area (Å²) < 4.78 is 5.17. The van der Waals surface area contributed by atoms with Crippen LogP contribution in [0.5, 0.6) is 0 Å². The van der Waals surface area contributed by atoms with Crippen LogP contribution >= 0.6 is 0 Å². The van der Waals surface area contributed by atoms with Gasteiger partial charge in [-0.2, -0.15) is 0 Å². The van der Waals surface area contributed by atoms with E-state index in [9.17, 15) is 0 Å². The van der Waals surface area contributed by atoms with Gasteiger partial charge in [0.05, 0.1) is 12.5 Å². The van der Waals surface area contributed by atoms with E-state index in [-0.39, 0.29) is 0 Å². The zero-order valence-electron chi connectivity index (χ0n) is 9.86. The molecule has 2 saturated heterocycles. The molecule has 3 heterocycles. The zero-order chi connectivity index (χ0) is 11.0. The summed E-state index contributed by atoms with van der Waals surface area (Å²) in [7, 11) is 0. The van der Waals surface area contributed by atoms with Gasteiger partial charge in [-0.3, -0.25) is 4.90 Å². The molecule has 3 nitrogen and oxygen atoms in total. The van der Waals surface area contributed by atoms with Crippen LogP contribution in [0.4, 0.5) is 0 Å². The van der Waals surface area contributed by atoms with Gasteiger partial charge in [0.25, 0.3) is 0 Å². The van der Waals surface area contributed by atoms with E-state index >= 15 is 0 Å². The number of furan rings is 1. The Morgan fingerprint density at radius 2 is 2.44 bits per heavy atom. The number of hydrogen-bond acceptors (Lipinski definition) is 3. The van der Waals surface area contributed by atoms with E-state index in [1.165, 1.54) is 38.0 Å². The molecule has 2 fully saturated rings. The molecule has 16 heavy (non-hydrogen) atoms. The molecule has 2 aliphatic heterocycles. The van der Waals surface area contributed by atoms with Gasteiger partial charge in [0.1, 0.15) is 0 Å². The van der Waals surface area contributed by atoms with Crippen molar-refractivity contribution in [3.63, 3.8) is 0 Å². The molecule has 0 aromatic carbocycles. The van der Waals surface area contributed by atoms with Crippen LogP contribution in [0.2, 0.25) is 0 Å². The summed E-state index contributed by atoms with van der Waals surface area (Å²) in [5.41, 5.74) is 1.30. The molecule has 1 unspecified atom stereocenters. The van der Waals surface area contributed by atoms with Crippen molar-refractivity contribution in [1.82, 2.24) is 10.2 Å². The Morgan fingerprint density at radius 3 is 3.19 bits per heavy atom. The van der Waals surface area contributed by atoms with E-state index in [0.29, 0.717) is 6.04 Å². The van der Waals surface area contributed by atoms with Crippen molar-refractivity contribution >= 4 is 0 Å². The normalized spacial score (nSPS) is 32.6. The van der Waals surface area contributed by atoms with Crippen molar-refractivity contribution < 1.29 is 4.42 Å². The van der Waals surface area contributed by atoms with E-state index < -0.39 is 0 Å². The van der Waals surface area contributed by atoms with Crippen LogP contribution < -0.4 is 5.32 Å². The first-order chi connectivity index (χ1) is 7.84. The van der Waals surface area contributed by atoms with E-state index in [0.717, 1.165) is 12.0 Å². The first-order valence-electron chi connectivity index (χ1n) is 6.34. The molecular formula is C13H20N2O. The fraction of sp³-hybridized carbons (Fsp3) is 0.692. The minimum atomic E-state index is 0.492. The summed E-state index contributed by atoms with van der Waals surface area (Å²) in [6.45, 7) is 5.91. The topological polar surface area (TPSA) is 28.4 Å². The van der Waals surface area contributed by atoms with Gasteiger partial charge in [-0.05, 0) is 38.3 Å². The fourth-order valence-electron chi connectivity index (χ4n) is 3.12. The van der Waals surface area contributed by atoms with Crippen molar-refractivity contribution in [3.8, 4) is 0 Å². The average Bonchev–Trinajstić information content (AvgIpc) is 2.97. The average molecular weight is 220 g/mol. The third kappa shape index (κ3) is 1.78. The second-order valence-corrected chi connectivity index (χ2v) is 5.15. The minimum absolute atomic E-state index is 0.492. The Labute approximate surface area is 96.8 Å². The summed E-state index contributed by atoms with van der Waals surface area (Å²) in [5, 5.41) is 3.65. The maximum atomic E-state index is 5.17. The van der Waals surface area contributed by atoms with Crippen LogP contribution in [-0.4, -0.2) is 30.6 Å². The number of fused-ring (bicyclic) bond motifs is 1. The van der Waals surface area contributed by atoms with Gasteiger partial charge < -0.3 is 9.73 Å². The highest BCUT2D eigenvalue weighted by Gasteiger charge is 2.36. The maximum absolute atomic E-state index is 5.17. The number of nitrogens with one attached hydrogen (secondary N) is 1. The summed E-state index contributed by atoms with van der Waals surface area (Å²) in [6.07, 6.45) is 6.38. The van der Waals surface area contributed by atoms with Gasteiger partial charge in [0.15, 0.2) is 0 Å². The second-order valence-electron chi connectivity index (χ2n) is 5.15. The van der Waals surface area contributed by atoms with Crippen molar-refractivity contribution in [2.45, 2.75) is 31.8 Å². The highest BCUT2D eigenvalue weighted by molar-refractivity contribution is 5.12. The Bertz CT molecular complexity index is 322. The van der Waals surface area contributed by atoms with Crippen molar-refractivity contribution in [3.05, 3.63) is 24.2 Å². The second kappa shape index (κ2) is 4.22. The highest BCUT2D eigenvalue weighted by Crippen LogP contribution is 2.31. The molecule has 0 radical (unpaired) electrons. The molecule has 0 aliphatic carbocycles. The molecule has 3 heteroatoms. The summed E-state index contributed by atoms with van der Waals surface area (Å²) in [5.74, 6) is 0.864. The summed E-state index contributed by atoms with van der Waals surface area (Å²) in [6, 6.07) is 3.30. The standard InChI is InChI=1S/C13H20N2O/c1-10(12-4-6-16-9-12)15-7-11-3-2-5-14-13(11)8-15/h4,6,9-11,13-14H,2-3,5,7-8H2,1H3/t10?,11-,13+/m0/s1. The molecule has 0 bridgehead atoms. The molecule has 3 atom stereocenters. The van der Waals surface area contributed by atoms with Crippen LogP contribution in [0.25, 0.3) is 0 Å². The first kappa shape index (κ1) is 10.4. The number of nitrogens with zero attached hydrogens (tertiary/aromatic N) is 1. The molecule has 0 amide bonds. The van der Waals surface area contributed by atoms with Crippen molar-refractivity contribution in [2.75, 3.05) is 19.6 Å². The predicted molar refractivity (Wildman–Crippen MR) is 63.2 cm³/mol. The Hall–Kier alpha value is -0.800.